The molecule has 4 aromatic heterocycles. The molecule has 1 saturated heterocycles. The van der Waals surface area contributed by atoms with Gasteiger partial charge in [0.15, 0.2) is 5.13 Å². The molecule has 0 bridgehead atoms. The summed E-state index contributed by atoms with van der Waals surface area (Å²) in [5.41, 5.74) is 1.71. The number of fused-ring (bicyclic) bond motifs is 1. The summed E-state index contributed by atoms with van der Waals surface area (Å²) in [5.74, 6) is -0.497. The molecule has 5 heterocycles. The van der Waals surface area contributed by atoms with Gasteiger partial charge in [-0.3, -0.25) is 14.6 Å². The van der Waals surface area contributed by atoms with Crippen LogP contribution in [0.4, 0.5) is 15.3 Å². The SMILES string of the molecule is CC.CN(C)C/C=C/C(=O)N1C[C@H](O)C[C@H]1C(=O)NCCn1cnc2cnc(Nc3ncc(-c4ncccc4F)s3)cc21. The number of amides is 2. The van der Waals surface area contributed by atoms with Gasteiger partial charge in [-0.1, -0.05) is 31.3 Å². The van der Waals surface area contributed by atoms with Gasteiger partial charge in [-0.2, -0.15) is 0 Å². The minimum atomic E-state index is -0.746. The molecule has 228 valence electrons. The molecule has 43 heavy (non-hydrogen) atoms. The fourth-order valence-electron chi connectivity index (χ4n) is 4.51. The third-order valence-corrected chi connectivity index (χ3v) is 7.41. The summed E-state index contributed by atoms with van der Waals surface area (Å²) >= 11 is 1.26. The van der Waals surface area contributed by atoms with Gasteiger partial charge in [0, 0.05) is 57.1 Å². The van der Waals surface area contributed by atoms with Crippen LogP contribution in [0.2, 0.25) is 0 Å². The summed E-state index contributed by atoms with van der Waals surface area (Å²) in [6.07, 6.45) is 9.01. The molecule has 5 rings (SSSR count). The number of β-amino-alcohol motifs (C(OH)–C–C–N with tert-alkyl or cyclic N) is 1. The van der Waals surface area contributed by atoms with E-state index in [1.54, 1.807) is 24.8 Å². The molecule has 1 aliphatic heterocycles. The molecule has 1 fully saturated rings. The van der Waals surface area contributed by atoms with Crippen LogP contribution in [0.25, 0.3) is 21.6 Å². The molecule has 2 atom stereocenters. The molecule has 12 nitrogen and oxygen atoms in total. The van der Waals surface area contributed by atoms with Crippen LogP contribution in [0.15, 0.2) is 55.3 Å². The van der Waals surface area contributed by atoms with E-state index in [2.05, 4.69) is 30.6 Å². The first kappa shape index (κ1) is 31.7. The van der Waals surface area contributed by atoms with E-state index in [0.29, 0.717) is 41.0 Å². The summed E-state index contributed by atoms with van der Waals surface area (Å²) in [6.45, 7) is 5.44. The first-order valence-corrected chi connectivity index (χ1v) is 14.8. The maximum atomic E-state index is 14.1. The number of aliphatic hydroxyl groups excluding tert-OH is 1. The van der Waals surface area contributed by atoms with Crippen molar-refractivity contribution in [2.45, 2.75) is 39.0 Å². The van der Waals surface area contributed by atoms with Crippen molar-refractivity contribution in [2.24, 2.45) is 0 Å². The van der Waals surface area contributed by atoms with E-state index >= 15 is 0 Å². The van der Waals surface area contributed by atoms with Crippen LogP contribution in [0.3, 0.4) is 0 Å². The molecule has 0 saturated carbocycles. The maximum absolute atomic E-state index is 14.1. The lowest BCUT2D eigenvalue weighted by Crippen LogP contribution is -2.46. The average molecular weight is 610 g/mol. The molecular formula is C29H36FN9O3S. The number of halogens is 1. The number of nitrogens with one attached hydrogen (secondary N) is 2. The lowest BCUT2D eigenvalue weighted by Gasteiger charge is -2.22. The Morgan fingerprint density at radius 1 is 1.21 bits per heavy atom. The Morgan fingerprint density at radius 2 is 2.02 bits per heavy atom. The molecule has 2 amide bonds. The number of aliphatic hydroxyl groups is 1. The van der Waals surface area contributed by atoms with Crippen LogP contribution in [0.5, 0.6) is 0 Å². The number of aromatic nitrogens is 5. The quantitative estimate of drug-likeness (QED) is 0.231. The number of carbonyl (C=O) groups excluding carboxylic acids is 2. The predicted molar refractivity (Wildman–Crippen MR) is 164 cm³/mol. The monoisotopic (exact) mass is 609 g/mol. The van der Waals surface area contributed by atoms with Gasteiger partial charge in [0.05, 0.1) is 29.0 Å². The predicted octanol–water partition coefficient (Wildman–Crippen LogP) is 3.05. The number of anilines is 2. The summed E-state index contributed by atoms with van der Waals surface area (Å²) in [5, 5.41) is 16.7. The molecule has 4 aromatic rings. The van der Waals surface area contributed by atoms with Crippen LogP contribution in [-0.2, 0) is 16.1 Å². The molecule has 0 spiro atoms. The van der Waals surface area contributed by atoms with Crippen LogP contribution < -0.4 is 10.6 Å². The van der Waals surface area contributed by atoms with Gasteiger partial charge in [0.2, 0.25) is 11.8 Å². The lowest BCUT2D eigenvalue weighted by molar-refractivity contribution is -0.135. The Labute approximate surface area is 253 Å². The lowest BCUT2D eigenvalue weighted by atomic mass is 10.2. The van der Waals surface area contributed by atoms with Crippen molar-refractivity contribution in [3.63, 3.8) is 0 Å². The molecule has 14 heteroatoms. The number of hydrogen-bond donors (Lipinski definition) is 3. The molecule has 0 unspecified atom stereocenters. The van der Waals surface area contributed by atoms with E-state index in [9.17, 15) is 19.1 Å². The molecule has 0 aliphatic carbocycles. The van der Waals surface area contributed by atoms with Crippen molar-refractivity contribution in [1.29, 1.82) is 0 Å². The number of imidazole rings is 1. The second-order valence-corrected chi connectivity index (χ2v) is 10.9. The summed E-state index contributed by atoms with van der Waals surface area (Å²) in [7, 11) is 3.79. The van der Waals surface area contributed by atoms with Gasteiger partial charge >= 0.3 is 0 Å². The highest BCUT2D eigenvalue weighted by Gasteiger charge is 2.37. The van der Waals surface area contributed by atoms with E-state index < -0.39 is 18.0 Å². The number of hydrogen-bond acceptors (Lipinski definition) is 10. The molecular weight excluding hydrogens is 573 g/mol. The first-order chi connectivity index (χ1) is 20.8. The number of nitrogens with zero attached hydrogens (tertiary/aromatic N) is 7. The van der Waals surface area contributed by atoms with Crippen LogP contribution >= 0.6 is 11.3 Å². The minimum Gasteiger partial charge on any atom is -0.391 e. The van der Waals surface area contributed by atoms with Crippen molar-refractivity contribution in [1.82, 2.24) is 39.6 Å². The van der Waals surface area contributed by atoms with Gasteiger partial charge in [0.1, 0.15) is 28.9 Å². The smallest absolute Gasteiger partial charge is 0.247 e. The zero-order valence-corrected chi connectivity index (χ0v) is 25.4. The zero-order valence-electron chi connectivity index (χ0n) is 24.6. The van der Waals surface area contributed by atoms with Crippen LogP contribution in [0.1, 0.15) is 20.3 Å². The molecule has 0 aromatic carbocycles. The fourth-order valence-corrected chi connectivity index (χ4v) is 5.33. The standard InChI is InChI=1S/C27H30FN9O3S.C2H6/c1-35(2)9-4-6-24(39)37-15-17(38)11-21(37)26(40)30-8-10-36-16-33-19-13-31-23(12-20(19)36)34-27-32-14-22(41-27)25-18(28)5-3-7-29-25;1-2/h3-7,12-14,16-17,21,38H,8-11,15H2,1-2H3,(H,30,40)(H,31,32,34);1-2H3/b6-4+;/t17-,21+;/m1./s1. The highest BCUT2D eigenvalue weighted by molar-refractivity contribution is 7.18. The Balaban J connectivity index is 0.00000207. The van der Waals surface area contributed by atoms with E-state index in [-0.39, 0.29) is 30.5 Å². The van der Waals surface area contributed by atoms with Gasteiger partial charge in [-0.25, -0.2) is 19.3 Å². The normalized spacial score (nSPS) is 16.5. The van der Waals surface area contributed by atoms with Gasteiger partial charge in [0.25, 0.3) is 0 Å². The van der Waals surface area contributed by atoms with Crippen molar-refractivity contribution in [2.75, 3.05) is 39.0 Å². The summed E-state index contributed by atoms with van der Waals surface area (Å²) in [6, 6.07) is 3.98. The number of thiazole rings is 1. The Morgan fingerprint density at radius 3 is 2.79 bits per heavy atom. The first-order valence-electron chi connectivity index (χ1n) is 14.0. The van der Waals surface area contributed by atoms with E-state index in [4.69, 9.17) is 0 Å². The number of carbonyl (C=O) groups is 2. The van der Waals surface area contributed by atoms with Crippen molar-refractivity contribution >= 4 is 45.1 Å². The molecule has 1 aliphatic rings. The van der Waals surface area contributed by atoms with Gasteiger partial charge < -0.3 is 30.1 Å². The van der Waals surface area contributed by atoms with Crippen LogP contribution in [0, 0.1) is 5.82 Å². The summed E-state index contributed by atoms with van der Waals surface area (Å²) < 4.78 is 16.0. The van der Waals surface area contributed by atoms with Crippen molar-refractivity contribution < 1.29 is 19.1 Å². The van der Waals surface area contributed by atoms with Gasteiger partial charge in [-0.15, -0.1) is 0 Å². The van der Waals surface area contributed by atoms with Gasteiger partial charge in [-0.05, 0) is 26.2 Å². The van der Waals surface area contributed by atoms with E-state index in [0.717, 1.165) is 5.52 Å². The molecule has 0 radical (unpaired) electrons. The van der Waals surface area contributed by atoms with E-state index in [1.807, 2.05) is 43.5 Å². The second-order valence-electron chi connectivity index (χ2n) is 9.84. The fraction of sp³-hybridized carbons (Fsp3) is 0.379. The average Bonchev–Trinajstić information content (AvgIpc) is 3.73. The van der Waals surface area contributed by atoms with Crippen molar-refractivity contribution in [3.05, 3.63) is 61.1 Å². The van der Waals surface area contributed by atoms with Crippen molar-refractivity contribution in [3.8, 4) is 10.6 Å². The third kappa shape index (κ3) is 7.97. The number of pyridine rings is 2. The molecule has 3 N–H and O–H groups in total. The van der Waals surface area contributed by atoms with Crippen LogP contribution in [-0.4, -0.2) is 97.1 Å². The highest BCUT2D eigenvalue weighted by Crippen LogP contribution is 2.31. The zero-order chi connectivity index (χ0) is 30.9. The Bertz CT molecular complexity index is 1570. The Hall–Kier alpha value is -4.27. The minimum absolute atomic E-state index is 0.121. The highest BCUT2D eigenvalue weighted by atomic mass is 32.1. The maximum Gasteiger partial charge on any atom is 0.247 e. The van der Waals surface area contributed by atoms with E-state index in [1.165, 1.54) is 40.6 Å². The number of likely N-dealkylation sites (tertiary alicyclic amines) is 1. The number of likely N-dealkylation sites (N-methyl/N-ethyl adjacent to an activating group) is 1. The summed E-state index contributed by atoms with van der Waals surface area (Å²) in [4.78, 5) is 46.7. The second kappa shape index (κ2) is 14.8. The third-order valence-electron chi connectivity index (χ3n) is 6.49. The Kier molecular flexibility index (Phi) is 10.9. The number of rotatable bonds is 10. The topological polar surface area (TPSA) is 141 Å². The largest absolute Gasteiger partial charge is 0.391 e.